The lowest BCUT2D eigenvalue weighted by atomic mass is 9.84. The van der Waals surface area contributed by atoms with Gasteiger partial charge in [-0.15, -0.1) is 0 Å². The Bertz CT molecular complexity index is 753. The molecule has 0 unspecified atom stereocenters. The highest BCUT2D eigenvalue weighted by atomic mass is 79.9. The molecule has 2 aromatic carbocycles. The van der Waals surface area contributed by atoms with Crippen molar-refractivity contribution >= 4 is 50.7 Å². The summed E-state index contributed by atoms with van der Waals surface area (Å²) in [5, 5.41) is 0.481. The van der Waals surface area contributed by atoms with Crippen molar-refractivity contribution in [2.75, 3.05) is 0 Å². The number of rotatable bonds is 0. The molecule has 0 aromatic heterocycles. The van der Waals surface area contributed by atoms with Crippen LogP contribution in [-0.4, -0.2) is 11.6 Å². The Labute approximate surface area is 127 Å². The Morgan fingerprint density at radius 2 is 1.32 bits per heavy atom. The maximum absolute atomic E-state index is 12.5. The highest BCUT2D eigenvalue weighted by Gasteiger charge is 2.33. The van der Waals surface area contributed by atoms with Crippen molar-refractivity contribution in [1.29, 1.82) is 0 Å². The average Bonchev–Trinajstić information content (AvgIpc) is 2.38. The molecule has 0 fully saturated rings. The molecule has 1 aliphatic rings. The smallest absolute Gasteiger partial charge is 0.196 e. The first kappa shape index (κ1) is 12.9. The average molecular weight is 356 g/mol. The fourth-order valence-electron chi connectivity index (χ4n) is 2.17. The van der Waals surface area contributed by atoms with Crippen molar-refractivity contribution in [3.05, 3.63) is 67.1 Å². The third-order valence-electron chi connectivity index (χ3n) is 3.03. The highest BCUT2D eigenvalue weighted by molar-refractivity contribution is 9.10. The topological polar surface area (TPSA) is 34.1 Å². The van der Waals surface area contributed by atoms with E-state index >= 15 is 0 Å². The molecule has 0 amide bonds. The van der Waals surface area contributed by atoms with Crippen LogP contribution in [0.4, 0.5) is 0 Å². The van der Waals surface area contributed by atoms with E-state index in [9.17, 15) is 9.59 Å². The monoisotopic (exact) mass is 354 g/mol. The number of hydrogen-bond acceptors (Lipinski definition) is 2. The van der Waals surface area contributed by atoms with Gasteiger partial charge in [-0.3, -0.25) is 9.59 Å². The van der Waals surface area contributed by atoms with E-state index in [0.717, 1.165) is 4.47 Å². The molecule has 0 radical (unpaired) electrons. The molecule has 3 rings (SSSR count). The Morgan fingerprint density at radius 1 is 0.789 bits per heavy atom. The fraction of sp³-hybridized carbons (Fsp3) is 0. The number of benzene rings is 2. The molecule has 2 nitrogen and oxygen atoms in total. The van der Waals surface area contributed by atoms with Crippen LogP contribution in [0.3, 0.4) is 0 Å². The molecule has 0 aliphatic heterocycles. The highest BCUT2D eigenvalue weighted by Crippen LogP contribution is 2.36. The van der Waals surface area contributed by atoms with Crippen molar-refractivity contribution in [2.24, 2.45) is 0 Å². The molecular formula is C14H5BrCl2O2. The van der Waals surface area contributed by atoms with Crippen LogP contribution in [0.2, 0.25) is 10.0 Å². The van der Waals surface area contributed by atoms with Gasteiger partial charge in [0.1, 0.15) is 0 Å². The molecule has 2 aromatic rings. The summed E-state index contributed by atoms with van der Waals surface area (Å²) in [5.41, 5.74) is 1.07. The number of halogens is 3. The van der Waals surface area contributed by atoms with Gasteiger partial charge in [0.15, 0.2) is 11.6 Å². The molecule has 94 valence electrons. The lowest BCUT2D eigenvalue weighted by molar-refractivity contribution is 0.0979. The second kappa shape index (κ2) is 4.44. The Balaban J connectivity index is 2.39. The number of fused-ring (bicyclic) bond motifs is 2. The molecule has 0 N–H and O–H groups in total. The predicted octanol–water partition coefficient (Wildman–Crippen LogP) is 4.53. The molecule has 19 heavy (non-hydrogen) atoms. The van der Waals surface area contributed by atoms with E-state index in [-0.39, 0.29) is 32.7 Å². The summed E-state index contributed by atoms with van der Waals surface area (Å²) in [6.07, 6.45) is 0. The maximum Gasteiger partial charge on any atom is 0.196 e. The summed E-state index contributed by atoms with van der Waals surface area (Å²) in [5.74, 6) is -0.553. The normalized spacial score (nSPS) is 13.2. The Kier molecular flexibility index (Phi) is 3.01. The minimum Gasteiger partial charge on any atom is -0.289 e. The summed E-state index contributed by atoms with van der Waals surface area (Å²) < 4.78 is 0.731. The standard InChI is InChI=1S/C14H5BrCl2O2/c15-6-1-2-7-8(5-6)14(19)12-10(17)4-3-9(16)11(12)13(7)18/h1-5H. The van der Waals surface area contributed by atoms with Crippen LogP contribution in [0.15, 0.2) is 34.8 Å². The van der Waals surface area contributed by atoms with Crippen LogP contribution < -0.4 is 0 Å². The summed E-state index contributed by atoms with van der Waals surface area (Å²) in [6.45, 7) is 0. The number of ketones is 2. The van der Waals surface area contributed by atoms with Crippen LogP contribution in [0.1, 0.15) is 31.8 Å². The number of carbonyl (C=O) groups is 2. The van der Waals surface area contributed by atoms with Crippen molar-refractivity contribution < 1.29 is 9.59 Å². The molecule has 5 heteroatoms. The molecular weight excluding hydrogens is 351 g/mol. The molecule has 0 saturated carbocycles. The largest absolute Gasteiger partial charge is 0.289 e. The summed E-state index contributed by atoms with van der Waals surface area (Å²) in [4.78, 5) is 24.9. The lowest BCUT2D eigenvalue weighted by Crippen LogP contribution is -2.21. The van der Waals surface area contributed by atoms with Gasteiger partial charge in [0.2, 0.25) is 0 Å². The zero-order valence-electron chi connectivity index (χ0n) is 9.34. The van der Waals surface area contributed by atoms with Gasteiger partial charge in [-0.1, -0.05) is 39.1 Å². The van der Waals surface area contributed by atoms with E-state index in [1.54, 1.807) is 18.2 Å². The molecule has 0 spiro atoms. The summed E-state index contributed by atoms with van der Waals surface area (Å²) >= 11 is 15.4. The van der Waals surface area contributed by atoms with Crippen molar-refractivity contribution in [3.8, 4) is 0 Å². The van der Waals surface area contributed by atoms with Crippen LogP contribution in [0, 0.1) is 0 Å². The maximum atomic E-state index is 12.5. The van der Waals surface area contributed by atoms with Crippen LogP contribution in [-0.2, 0) is 0 Å². The van der Waals surface area contributed by atoms with Crippen LogP contribution in [0.5, 0.6) is 0 Å². The minimum absolute atomic E-state index is 0.185. The zero-order valence-corrected chi connectivity index (χ0v) is 12.4. The first-order valence-corrected chi connectivity index (χ1v) is 6.92. The molecule has 0 atom stereocenters. The van der Waals surface area contributed by atoms with Crippen molar-refractivity contribution in [3.63, 3.8) is 0 Å². The first-order chi connectivity index (χ1) is 9.00. The Morgan fingerprint density at radius 3 is 1.89 bits per heavy atom. The summed E-state index contributed by atoms with van der Waals surface area (Å²) in [7, 11) is 0. The zero-order chi connectivity index (χ0) is 13.7. The molecule has 0 heterocycles. The SMILES string of the molecule is O=C1c2ccc(Br)cc2C(=O)c2c(Cl)ccc(Cl)c21. The van der Waals surface area contributed by atoms with E-state index in [0.29, 0.717) is 11.1 Å². The van der Waals surface area contributed by atoms with Gasteiger partial charge in [-0.25, -0.2) is 0 Å². The quantitative estimate of drug-likeness (QED) is 0.593. The van der Waals surface area contributed by atoms with E-state index in [1.807, 2.05) is 0 Å². The minimum atomic E-state index is -0.279. The predicted molar refractivity (Wildman–Crippen MR) is 77.5 cm³/mol. The molecule has 1 aliphatic carbocycles. The van der Waals surface area contributed by atoms with Gasteiger partial charge in [-0.05, 0) is 30.3 Å². The molecule has 0 saturated heterocycles. The van der Waals surface area contributed by atoms with E-state index in [2.05, 4.69) is 15.9 Å². The second-order valence-electron chi connectivity index (χ2n) is 4.13. The number of hydrogen-bond donors (Lipinski definition) is 0. The van der Waals surface area contributed by atoms with Gasteiger partial charge < -0.3 is 0 Å². The van der Waals surface area contributed by atoms with Gasteiger partial charge in [-0.2, -0.15) is 0 Å². The van der Waals surface area contributed by atoms with Gasteiger partial charge >= 0.3 is 0 Å². The summed E-state index contributed by atoms with van der Waals surface area (Å²) in [6, 6.07) is 8.00. The van der Waals surface area contributed by atoms with Crippen LogP contribution >= 0.6 is 39.1 Å². The lowest BCUT2D eigenvalue weighted by Gasteiger charge is -2.19. The van der Waals surface area contributed by atoms with Crippen molar-refractivity contribution in [2.45, 2.75) is 0 Å². The third kappa shape index (κ3) is 1.84. The van der Waals surface area contributed by atoms with Crippen molar-refractivity contribution in [1.82, 2.24) is 0 Å². The second-order valence-corrected chi connectivity index (χ2v) is 5.86. The number of carbonyl (C=O) groups excluding carboxylic acids is 2. The first-order valence-electron chi connectivity index (χ1n) is 5.37. The van der Waals surface area contributed by atoms with E-state index < -0.39 is 0 Å². The van der Waals surface area contributed by atoms with E-state index in [1.165, 1.54) is 12.1 Å². The van der Waals surface area contributed by atoms with E-state index in [4.69, 9.17) is 23.2 Å². The van der Waals surface area contributed by atoms with Gasteiger partial charge in [0.25, 0.3) is 0 Å². The fourth-order valence-corrected chi connectivity index (χ4v) is 3.02. The van der Waals surface area contributed by atoms with Gasteiger partial charge in [0, 0.05) is 15.6 Å². The third-order valence-corrected chi connectivity index (χ3v) is 4.15. The molecule has 0 bridgehead atoms. The van der Waals surface area contributed by atoms with Crippen LogP contribution in [0.25, 0.3) is 0 Å². The Hall–Kier alpha value is -1.16. The van der Waals surface area contributed by atoms with Gasteiger partial charge in [0.05, 0.1) is 21.2 Å².